The van der Waals surface area contributed by atoms with Crippen molar-refractivity contribution in [2.75, 3.05) is 32.0 Å². The Morgan fingerprint density at radius 2 is 1.91 bits per heavy atom. The lowest BCUT2D eigenvalue weighted by Crippen LogP contribution is -2.53. The standard InChI is InChI=1S/C25H26F2N4S.ClH/c1-16-12-21-24(28-22-9-7-19(27)14-23(22)29-25(21)32-16)31-11-10-30(2)20(15-31)8-6-17-4-3-5-18(26)13-17;/h3-5,7,9,12-14,20,29H,6,8,10-11,15H2,1-2H3;1H/t20-;/m0./s1. The zero-order chi connectivity index (χ0) is 22.2. The summed E-state index contributed by atoms with van der Waals surface area (Å²) >= 11 is 1.66. The van der Waals surface area contributed by atoms with Gasteiger partial charge in [-0.05, 0) is 68.8 Å². The number of piperazine rings is 1. The van der Waals surface area contributed by atoms with Gasteiger partial charge in [0.1, 0.15) is 22.5 Å². The molecule has 0 amide bonds. The van der Waals surface area contributed by atoms with Crippen molar-refractivity contribution in [3.8, 4) is 0 Å². The molecular weight excluding hydrogens is 462 g/mol. The van der Waals surface area contributed by atoms with Crippen LogP contribution in [0.15, 0.2) is 53.5 Å². The maximum atomic E-state index is 13.9. The van der Waals surface area contributed by atoms with Crippen LogP contribution in [0.1, 0.15) is 22.4 Å². The lowest BCUT2D eigenvalue weighted by molar-refractivity contribution is 0.134. The number of anilines is 2. The summed E-state index contributed by atoms with van der Waals surface area (Å²) in [6, 6.07) is 14.1. The second kappa shape index (κ2) is 9.79. The molecule has 0 aliphatic carbocycles. The number of amidine groups is 1. The average molecular weight is 489 g/mol. The Morgan fingerprint density at radius 1 is 1.09 bits per heavy atom. The van der Waals surface area contributed by atoms with E-state index in [0.29, 0.717) is 11.7 Å². The minimum atomic E-state index is -0.276. The van der Waals surface area contributed by atoms with Crippen molar-refractivity contribution in [2.45, 2.75) is 25.8 Å². The second-order valence-corrected chi connectivity index (χ2v) is 9.83. The van der Waals surface area contributed by atoms with Gasteiger partial charge in [0.25, 0.3) is 0 Å². The molecule has 0 unspecified atom stereocenters. The predicted octanol–water partition coefficient (Wildman–Crippen LogP) is 6.14. The van der Waals surface area contributed by atoms with Gasteiger partial charge >= 0.3 is 0 Å². The minimum Gasteiger partial charge on any atom is -0.353 e. The molecule has 0 spiro atoms. The molecule has 1 atom stereocenters. The number of hydrogen-bond donors (Lipinski definition) is 1. The number of halogens is 3. The number of likely N-dealkylation sites (N-methyl/N-ethyl adjacent to an activating group) is 1. The fourth-order valence-corrected chi connectivity index (χ4v) is 5.41. The van der Waals surface area contributed by atoms with Gasteiger partial charge in [0.2, 0.25) is 0 Å². The Morgan fingerprint density at radius 3 is 2.73 bits per heavy atom. The van der Waals surface area contributed by atoms with Crippen LogP contribution in [0.25, 0.3) is 0 Å². The Kier molecular flexibility index (Phi) is 7.02. The van der Waals surface area contributed by atoms with E-state index in [-0.39, 0.29) is 24.0 Å². The molecule has 1 aromatic heterocycles. The van der Waals surface area contributed by atoms with E-state index in [1.807, 2.05) is 6.07 Å². The number of rotatable bonds is 3. The summed E-state index contributed by atoms with van der Waals surface area (Å²) < 4.78 is 27.5. The molecule has 1 saturated heterocycles. The number of nitrogens with zero attached hydrogens (tertiary/aromatic N) is 3. The normalized spacial score (nSPS) is 17.9. The number of fused-ring (bicyclic) bond motifs is 2. The highest BCUT2D eigenvalue weighted by atomic mass is 35.5. The van der Waals surface area contributed by atoms with E-state index in [2.05, 4.69) is 35.2 Å². The number of benzene rings is 2. The van der Waals surface area contributed by atoms with Crippen LogP contribution in [0.5, 0.6) is 0 Å². The summed E-state index contributed by atoms with van der Waals surface area (Å²) in [4.78, 5) is 10.9. The molecule has 4 nitrogen and oxygen atoms in total. The summed E-state index contributed by atoms with van der Waals surface area (Å²) in [6.45, 7) is 4.72. The van der Waals surface area contributed by atoms with Gasteiger partial charge in [-0.15, -0.1) is 23.7 Å². The van der Waals surface area contributed by atoms with Crippen molar-refractivity contribution in [2.24, 2.45) is 4.99 Å². The van der Waals surface area contributed by atoms with E-state index in [1.54, 1.807) is 29.5 Å². The van der Waals surface area contributed by atoms with E-state index in [4.69, 9.17) is 4.99 Å². The molecule has 174 valence electrons. The van der Waals surface area contributed by atoms with Crippen molar-refractivity contribution in [3.05, 3.63) is 76.2 Å². The van der Waals surface area contributed by atoms with Crippen molar-refractivity contribution < 1.29 is 8.78 Å². The molecule has 5 rings (SSSR count). The van der Waals surface area contributed by atoms with E-state index >= 15 is 0 Å². The van der Waals surface area contributed by atoms with Crippen LogP contribution in [0, 0.1) is 18.6 Å². The van der Waals surface area contributed by atoms with Crippen molar-refractivity contribution in [1.82, 2.24) is 9.80 Å². The predicted molar refractivity (Wildman–Crippen MR) is 135 cm³/mol. The van der Waals surface area contributed by atoms with Gasteiger partial charge in [-0.3, -0.25) is 4.90 Å². The summed E-state index contributed by atoms with van der Waals surface area (Å²) in [5.74, 6) is 0.477. The van der Waals surface area contributed by atoms with E-state index < -0.39 is 0 Å². The van der Waals surface area contributed by atoms with Crippen molar-refractivity contribution >= 4 is 46.0 Å². The maximum Gasteiger partial charge on any atom is 0.139 e. The summed E-state index contributed by atoms with van der Waals surface area (Å²) in [5.41, 5.74) is 3.54. The molecule has 3 heterocycles. The Bertz CT molecular complexity index is 1180. The van der Waals surface area contributed by atoms with Gasteiger partial charge in [-0.2, -0.15) is 0 Å². The number of thiophene rings is 1. The zero-order valence-corrected chi connectivity index (χ0v) is 20.3. The third-order valence-electron chi connectivity index (χ3n) is 6.26. The summed E-state index contributed by atoms with van der Waals surface area (Å²) in [5, 5.41) is 4.40. The van der Waals surface area contributed by atoms with E-state index in [0.717, 1.165) is 60.1 Å². The molecule has 2 aliphatic heterocycles. The third kappa shape index (κ3) is 5.05. The molecule has 0 saturated carbocycles. The van der Waals surface area contributed by atoms with Crippen LogP contribution in [0.3, 0.4) is 0 Å². The third-order valence-corrected chi connectivity index (χ3v) is 7.23. The van der Waals surface area contributed by atoms with Gasteiger partial charge < -0.3 is 10.2 Å². The van der Waals surface area contributed by atoms with Crippen LogP contribution < -0.4 is 5.32 Å². The Labute approximate surface area is 203 Å². The molecule has 2 aromatic carbocycles. The molecule has 3 aromatic rings. The fourth-order valence-electron chi connectivity index (χ4n) is 4.49. The molecule has 1 fully saturated rings. The highest BCUT2D eigenvalue weighted by Gasteiger charge is 2.30. The first-order valence-corrected chi connectivity index (χ1v) is 11.7. The van der Waals surface area contributed by atoms with Gasteiger partial charge in [-0.1, -0.05) is 12.1 Å². The number of nitrogens with one attached hydrogen (secondary N) is 1. The molecule has 0 radical (unpaired) electrons. The second-order valence-electron chi connectivity index (χ2n) is 8.57. The lowest BCUT2D eigenvalue weighted by atomic mass is 10.0. The van der Waals surface area contributed by atoms with Gasteiger partial charge in [0.15, 0.2) is 0 Å². The molecule has 1 N–H and O–H groups in total. The Hall–Kier alpha value is -2.48. The monoisotopic (exact) mass is 488 g/mol. The van der Waals surface area contributed by atoms with Crippen LogP contribution in [-0.2, 0) is 6.42 Å². The summed E-state index contributed by atoms with van der Waals surface area (Å²) in [7, 11) is 2.16. The smallest absolute Gasteiger partial charge is 0.139 e. The zero-order valence-electron chi connectivity index (χ0n) is 18.6. The highest BCUT2D eigenvalue weighted by molar-refractivity contribution is 7.16. The minimum absolute atomic E-state index is 0. The molecule has 0 bridgehead atoms. The number of aliphatic imine (C=N–C) groups is 1. The van der Waals surface area contributed by atoms with E-state index in [1.165, 1.54) is 23.1 Å². The average Bonchev–Trinajstić information content (AvgIpc) is 3.05. The van der Waals surface area contributed by atoms with E-state index in [9.17, 15) is 8.78 Å². The quantitative estimate of drug-likeness (QED) is 0.480. The van der Waals surface area contributed by atoms with Crippen LogP contribution in [0.4, 0.5) is 25.2 Å². The largest absolute Gasteiger partial charge is 0.353 e. The number of aryl methyl sites for hydroxylation is 2. The van der Waals surface area contributed by atoms with Gasteiger partial charge in [0, 0.05) is 30.6 Å². The highest BCUT2D eigenvalue weighted by Crippen LogP contribution is 2.39. The molecule has 2 aliphatic rings. The van der Waals surface area contributed by atoms with Gasteiger partial charge in [-0.25, -0.2) is 13.8 Å². The first-order valence-electron chi connectivity index (χ1n) is 10.9. The molecule has 33 heavy (non-hydrogen) atoms. The fraction of sp³-hybridized carbons (Fsp3) is 0.320. The van der Waals surface area contributed by atoms with Crippen LogP contribution >= 0.6 is 23.7 Å². The first-order chi connectivity index (χ1) is 15.5. The lowest BCUT2D eigenvalue weighted by Gasteiger charge is -2.41. The van der Waals surface area contributed by atoms with Crippen LogP contribution in [-0.4, -0.2) is 48.4 Å². The van der Waals surface area contributed by atoms with Gasteiger partial charge in [0.05, 0.1) is 16.9 Å². The topological polar surface area (TPSA) is 30.9 Å². The molecule has 8 heteroatoms. The number of hydrogen-bond acceptors (Lipinski definition) is 5. The Balaban J connectivity index is 0.00000259. The van der Waals surface area contributed by atoms with Crippen LogP contribution in [0.2, 0.25) is 0 Å². The van der Waals surface area contributed by atoms with Crippen molar-refractivity contribution in [3.63, 3.8) is 0 Å². The summed E-state index contributed by atoms with van der Waals surface area (Å²) in [6.07, 6.45) is 1.78. The SMILES string of the molecule is Cc1cc2c(s1)Nc1cc(F)ccc1N=C2N1CCN(C)[C@@H](CCc2cccc(F)c2)C1.Cl. The molecular formula is C25H27ClF2N4S. The first kappa shape index (κ1) is 23.7. The van der Waals surface area contributed by atoms with Crippen molar-refractivity contribution in [1.29, 1.82) is 0 Å². The maximum absolute atomic E-state index is 13.9.